The van der Waals surface area contributed by atoms with Crippen molar-refractivity contribution >= 4 is 11.3 Å². The maximum absolute atomic E-state index is 10.4. The van der Waals surface area contributed by atoms with Crippen LogP contribution in [0.3, 0.4) is 0 Å². The summed E-state index contributed by atoms with van der Waals surface area (Å²) >= 11 is 1.51. The van der Waals surface area contributed by atoms with Gasteiger partial charge in [-0.1, -0.05) is 36.4 Å². The topological polar surface area (TPSA) is 115 Å². The molecule has 0 amide bonds. The molecule has 1 aromatic carbocycles. The van der Waals surface area contributed by atoms with Gasteiger partial charge in [0.2, 0.25) is 0 Å². The van der Waals surface area contributed by atoms with Gasteiger partial charge >= 0.3 is 0 Å². The molecule has 5 aromatic rings. The third kappa shape index (κ3) is 4.94. The smallest absolute Gasteiger partial charge is 0.142 e. The average Bonchev–Trinajstić information content (AvgIpc) is 3.55. The van der Waals surface area contributed by atoms with E-state index < -0.39 is 5.41 Å². The Morgan fingerprint density at radius 3 is 2.02 bits per heavy atom. The van der Waals surface area contributed by atoms with Gasteiger partial charge in [0.15, 0.2) is 0 Å². The molecule has 0 saturated heterocycles. The first-order valence-corrected chi connectivity index (χ1v) is 13.9. The van der Waals surface area contributed by atoms with E-state index >= 15 is 0 Å². The molecule has 0 aliphatic heterocycles. The minimum Gasteiger partial charge on any atom is -0.395 e. The van der Waals surface area contributed by atoms with Gasteiger partial charge in [0.1, 0.15) is 5.01 Å². The number of thiazole rings is 1. The number of pyridine rings is 3. The molecular formula is C31H29N5O3S. The number of hydrogen-bond acceptors (Lipinski definition) is 9. The van der Waals surface area contributed by atoms with Gasteiger partial charge in [-0.3, -0.25) is 14.9 Å². The molecule has 0 atom stereocenters. The third-order valence-corrected chi connectivity index (χ3v) is 8.39. The van der Waals surface area contributed by atoms with Crippen molar-refractivity contribution in [2.24, 2.45) is 0 Å². The summed E-state index contributed by atoms with van der Waals surface area (Å²) in [4.78, 5) is 22.1. The van der Waals surface area contributed by atoms with E-state index in [4.69, 9.17) is 9.97 Å². The lowest BCUT2D eigenvalue weighted by Gasteiger charge is -2.26. The van der Waals surface area contributed by atoms with E-state index in [-0.39, 0.29) is 19.8 Å². The van der Waals surface area contributed by atoms with E-state index in [1.165, 1.54) is 11.3 Å². The summed E-state index contributed by atoms with van der Waals surface area (Å²) in [7, 11) is 0. The Balaban J connectivity index is 1.32. The first-order valence-electron chi connectivity index (χ1n) is 13.1. The molecule has 4 heterocycles. The number of benzene rings is 1. The summed E-state index contributed by atoms with van der Waals surface area (Å²) in [5, 5.41) is 31.3. The van der Waals surface area contributed by atoms with Crippen LogP contribution in [-0.2, 0) is 31.7 Å². The molecule has 6 rings (SSSR count). The van der Waals surface area contributed by atoms with E-state index in [1.54, 1.807) is 12.4 Å². The molecule has 0 spiro atoms. The van der Waals surface area contributed by atoms with E-state index in [0.29, 0.717) is 25.3 Å². The minimum atomic E-state index is -1.02. The summed E-state index contributed by atoms with van der Waals surface area (Å²) < 4.78 is 0. The van der Waals surface area contributed by atoms with Crippen molar-refractivity contribution in [3.05, 3.63) is 119 Å². The Bertz CT molecular complexity index is 1560. The highest BCUT2D eigenvalue weighted by Crippen LogP contribution is 2.52. The largest absolute Gasteiger partial charge is 0.395 e. The van der Waals surface area contributed by atoms with Gasteiger partial charge in [-0.05, 0) is 53.1 Å². The summed E-state index contributed by atoms with van der Waals surface area (Å²) in [5.74, 6) is 0. The molecule has 0 radical (unpaired) electrons. The fraction of sp³-hybridized carbons (Fsp3) is 0.226. The van der Waals surface area contributed by atoms with Crippen molar-refractivity contribution in [1.29, 1.82) is 0 Å². The third-order valence-electron chi connectivity index (χ3n) is 7.28. The molecule has 1 aliphatic carbocycles. The SMILES string of the molecule is OCc1ccc2c(c1)C(CO)(CO)c1nc(-c3cccc(CN(Cc4ccccn4)Cc4ccccn4)n3)sc1-2. The number of nitrogens with zero attached hydrogens (tertiary/aromatic N) is 5. The van der Waals surface area contributed by atoms with Crippen molar-refractivity contribution in [1.82, 2.24) is 24.8 Å². The Morgan fingerprint density at radius 2 is 1.40 bits per heavy atom. The number of rotatable bonds is 10. The fourth-order valence-corrected chi connectivity index (χ4v) is 6.42. The number of aliphatic hydroxyl groups excluding tert-OH is 3. The summed E-state index contributed by atoms with van der Waals surface area (Å²) in [5.41, 5.74) is 5.66. The van der Waals surface area contributed by atoms with E-state index in [1.807, 2.05) is 72.8 Å². The van der Waals surface area contributed by atoms with Crippen molar-refractivity contribution in [2.75, 3.05) is 13.2 Å². The predicted octanol–water partition coefficient (Wildman–Crippen LogP) is 3.94. The Hall–Kier alpha value is -3.86. The van der Waals surface area contributed by atoms with Gasteiger partial charge in [0.05, 0.1) is 58.6 Å². The Labute approximate surface area is 236 Å². The molecule has 0 saturated carbocycles. The summed E-state index contributed by atoms with van der Waals surface area (Å²) in [6.07, 6.45) is 3.60. The molecule has 1 aliphatic rings. The molecule has 202 valence electrons. The van der Waals surface area contributed by atoms with Crippen molar-refractivity contribution < 1.29 is 15.3 Å². The zero-order valence-corrected chi connectivity index (χ0v) is 22.6. The molecule has 0 fully saturated rings. The van der Waals surface area contributed by atoms with Crippen LogP contribution >= 0.6 is 11.3 Å². The van der Waals surface area contributed by atoms with Gasteiger partial charge in [-0.25, -0.2) is 9.97 Å². The van der Waals surface area contributed by atoms with Gasteiger partial charge in [-0.2, -0.15) is 0 Å². The van der Waals surface area contributed by atoms with Crippen LogP contribution in [0.2, 0.25) is 0 Å². The standard InChI is InChI=1S/C31H29N5O3S/c37-18-21-10-11-25-26(14-21)31(19-38,20-39)29-28(25)40-30(35-29)27-9-5-8-24(34-27)17-36(15-22-6-1-3-12-32-22)16-23-7-2-4-13-33-23/h1-14,37-39H,15-20H2. The molecular weight excluding hydrogens is 522 g/mol. The van der Waals surface area contributed by atoms with Gasteiger partial charge in [0.25, 0.3) is 0 Å². The lowest BCUT2D eigenvalue weighted by atomic mass is 9.82. The zero-order chi connectivity index (χ0) is 27.5. The van der Waals surface area contributed by atoms with Crippen LogP contribution < -0.4 is 0 Å². The minimum absolute atomic E-state index is 0.110. The van der Waals surface area contributed by atoms with Crippen LogP contribution in [0.5, 0.6) is 0 Å². The number of fused-ring (bicyclic) bond motifs is 3. The van der Waals surface area contributed by atoms with Gasteiger partial charge in [0, 0.05) is 32.0 Å². The molecule has 0 bridgehead atoms. The first kappa shape index (κ1) is 26.4. The maximum Gasteiger partial charge on any atom is 0.142 e. The van der Waals surface area contributed by atoms with E-state index in [9.17, 15) is 15.3 Å². The highest BCUT2D eigenvalue weighted by molar-refractivity contribution is 7.18. The van der Waals surface area contributed by atoms with Crippen LogP contribution in [-0.4, -0.2) is 53.4 Å². The normalized spacial score (nSPS) is 13.4. The summed E-state index contributed by atoms with van der Waals surface area (Å²) in [6.45, 7) is 1.21. The first-order chi connectivity index (χ1) is 19.6. The van der Waals surface area contributed by atoms with Crippen LogP contribution in [0.4, 0.5) is 0 Å². The zero-order valence-electron chi connectivity index (χ0n) is 21.8. The highest BCUT2D eigenvalue weighted by atomic mass is 32.1. The second-order valence-electron chi connectivity index (χ2n) is 9.93. The molecule has 9 heteroatoms. The lowest BCUT2D eigenvalue weighted by molar-refractivity contribution is 0.143. The van der Waals surface area contributed by atoms with E-state index in [0.717, 1.165) is 49.4 Å². The number of hydrogen-bond donors (Lipinski definition) is 3. The summed E-state index contributed by atoms with van der Waals surface area (Å²) in [6, 6.07) is 23.4. The fourth-order valence-electron chi connectivity index (χ4n) is 5.24. The molecule has 8 nitrogen and oxygen atoms in total. The Morgan fingerprint density at radius 1 is 0.725 bits per heavy atom. The van der Waals surface area contributed by atoms with Crippen molar-refractivity contribution in [2.45, 2.75) is 31.7 Å². The molecule has 40 heavy (non-hydrogen) atoms. The van der Waals surface area contributed by atoms with Crippen molar-refractivity contribution in [3.8, 4) is 21.1 Å². The second-order valence-corrected chi connectivity index (χ2v) is 10.9. The highest BCUT2D eigenvalue weighted by Gasteiger charge is 2.46. The maximum atomic E-state index is 10.4. The monoisotopic (exact) mass is 551 g/mol. The van der Waals surface area contributed by atoms with E-state index in [2.05, 4.69) is 14.9 Å². The van der Waals surface area contributed by atoms with Gasteiger partial charge in [-0.15, -0.1) is 11.3 Å². The average molecular weight is 552 g/mol. The predicted molar refractivity (Wildman–Crippen MR) is 153 cm³/mol. The second kappa shape index (κ2) is 11.3. The molecule has 0 unspecified atom stereocenters. The van der Waals surface area contributed by atoms with Crippen LogP contribution in [0.1, 0.15) is 33.9 Å². The van der Waals surface area contributed by atoms with Crippen LogP contribution in [0.25, 0.3) is 21.1 Å². The number of aromatic nitrogens is 4. The molecule has 4 aromatic heterocycles. The Kier molecular flexibility index (Phi) is 7.46. The van der Waals surface area contributed by atoms with Crippen molar-refractivity contribution in [3.63, 3.8) is 0 Å². The number of aliphatic hydroxyl groups is 3. The van der Waals surface area contributed by atoms with Crippen LogP contribution in [0, 0.1) is 0 Å². The van der Waals surface area contributed by atoms with Crippen LogP contribution in [0.15, 0.2) is 85.2 Å². The quantitative estimate of drug-likeness (QED) is 0.239. The lowest BCUT2D eigenvalue weighted by Crippen LogP contribution is -2.34. The molecule has 3 N–H and O–H groups in total. The van der Waals surface area contributed by atoms with Gasteiger partial charge < -0.3 is 15.3 Å².